The molecule has 0 aliphatic carbocycles. The first-order chi connectivity index (χ1) is 15.7. The summed E-state index contributed by atoms with van der Waals surface area (Å²) in [6.45, 7) is 3.84. The lowest BCUT2D eigenvalue weighted by Gasteiger charge is -2.19. The van der Waals surface area contributed by atoms with E-state index in [1.54, 1.807) is 37.3 Å². The maximum atomic E-state index is 13.1. The zero-order valence-corrected chi connectivity index (χ0v) is 19.0. The molecule has 0 fully saturated rings. The van der Waals surface area contributed by atoms with Gasteiger partial charge >= 0.3 is 12.0 Å². The highest BCUT2D eigenvalue weighted by atomic mass is 35.5. The van der Waals surface area contributed by atoms with Crippen molar-refractivity contribution in [3.8, 4) is 0 Å². The molecule has 1 heterocycles. The fraction of sp³-hybridized carbons (Fsp3) is 0.208. The first-order valence-corrected chi connectivity index (χ1v) is 10.6. The third-order valence-electron chi connectivity index (χ3n) is 5.23. The standard InChI is InChI=1S/C24H25ClN4O4/c1-14-7-9-16(10-8-14)20(12-21(30)31)27-24(33)28-22-19(26)11-15(2)29(23(22)32)13-17-5-3-4-6-18(17)25/h3-11,20H,12-13,26H2,1-2H3,(H,30,31)(H2,27,28,33)/t20-/m0/s1. The normalized spacial score (nSPS) is 11.6. The van der Waals surface area contributed by atoms with E-state index in [0.29, 0.717) is 16.3 Å². The van der Waals surface area contributed by atoms with Gasteiger partial charge in [0.05, 0.1) is 24.7 Å². The Bertz CT molecular complexity index is 1240. The molecular weight excluding hydrogens is 444 g/mol. The minimum atomic E-state index is -1.07. The maximum Gasteiger partial charge on any atom is 0.319 e. The Morgan fingerprint density at radius 2 is 1.79 bits per heavy atom. The number of carboxylic acid groups (broad SMARTS) is 1. The van der Waals surface area contributed by atoms with Gasteiger partial charge in [-0.2, -0.15) is 0 Å². The minimum Gasteiger partial charge on any atom is -0.481 e. The molecule has 0 aliphatic rings. The molecule has 5 N–H and O–H groups in total. The van der Waals surface area contributed by atoms with Crippen LogP contribution in [-0.4, -0.2) is 21.7 Å². The summed E-state index contributed by atoms with van der Waals surface area (Å²) in [5.74, 6) is -1.07. The van der Waals surface area contributed by atoms with Gasteiger partial charge in [0.2, 0.25) is 0 Å². The molecule has 0 unspecified atom stereocenters. The van der Waals surface area contributed by atoms with E-state index in [4.69, 9.17) is 17.3 Å². The molecule has 2 amide bonds. The summed E-state index contributed by atoms with van der Waals surface area (Å²) in [5.41, 5.74) is 8.52. The van der Waals surface area contributed by atoms with Crippen LogP contribution in [0.3, 0.4) is 0 Å². The van der Waals surface area contributed by atoms with Crippen molar-refractivity contribution >= 4 is 35.0 Å². The number of aryl methyl sites for hydroxylation is 2. The smallest absolute Gasteiger partial charge is 0.319 e. The Labute approximate surface area is 196 Å². The Hall–Kier alpha value is -3.78. The van der Waals surface area contributed by atoms with Crippen molar-refractivity contribution in [3.63, 3.8) is 0 Å². The number of carbonyl (C=O) groups excluding carboxylic acids is 1. The topological polar surface area (TPSA) is 126 Å². The van der Waals surface area contributed by atoms with E-state index < -0.39 is 23.6 Å². The fourth-order valence-corrected chi connectivity index (χ4v) is 3.64. The van der Waals surface area contributed by atoms with Crippen LogP contribution in [0.1, 0.15) is 34.8 Å². The number of rotatable bonds is 7. The number of pyridine rings is 1. The number of carbonyl (C=O) groups is 2. The molecule has 172 valence electrons. The van der Waals surface area contributed by atoms with Crippen LogP contribution in [0.2, 0.25) is 5.02 Å². The molecule has 9 heteroatoms. The molecule has 1 aromatic heterocycles. The van der Waals surface area contributed by atoms with Crippen LogP contribution in [0.4, 0.5) is 16.2 Å². The lowest BCUT2D eigenvalue weighted by atomic mass is 10.0. The number of halogens is 1. The van der Waals surface area contributed by atoms with E-state index in [1.165, 1.54) is 4.57 Å². The van der Waals surface area contributed by atoms with E-state index >= 15 is 0 Å². The number of aliphatic carboxylic acids is 1. The van der Waals surface area contributed by atoms with Crippen molar-refractivity contribution in [1.29, 1.82) is 0 Å². The fourth-order valence-electron chi connectivity index (χ4n) is 3.45. The van der Waals surface area contributed by atoms with Gasteiger partial charge in [-0.15, -0.1) is 0 Å². The van der Waals surface area contributed by atoms with E-state index in [2.05, 4.69) is 10.6 Å². The van der Waals surface area contributed by atoms with Gasteiger partial charge < -0.3 is 26.0 Å². The zero-order valence-electron chi connectivity index (χ0n) is 18.3. The molecule has 33 heavy (non-hydrogen) atoms. The van der Waals surface area contributed by atoms with Gasteiger partial charge in [0.1, 0.15) is 5.69 Å². The predicted octanol–water partition coefficient (Wildman–Crippen LogP) is 4.09. The monoisotopic (exact) mass is 468 g/mol. The van der Waals surface area contributed by atoms with E-state index in [9.17, 15) is 19.5 Å². The minimum absolute atomic E-state index is 0.0943. The maximum absolute atomic E-state index is 13.1. The lowest BCUT2D eigenvalue weighted by molar-refractivity contribution is -0.137. The number of hydrogen-bond donors (Lipinski definition) is 4. The second kappa shape index (κ2) is 10.2. The highest BCUT2D eigenvalue weighted by Gasteiger charge is 2.20. The van der Waals surface area contributed by atoms with Crippen LogP contribution in [0.5, 0.6) is 0 Å². The molecule has 1 atom stereocenters. The molecule has 0 spiro atoms. The summed E-state index contributed by atoms with van der Waals surface area (Å²) >= 11 is 6.23. The first-order valence-electron chi connectivity index (χ1n) is 10.2. The zero-order chi connectivity index (χ0) is 24.1. The number of nitrogens with one attached hydrogen (secondary N) is 2. The number of carboxylic acids is 1. The Morgan fingerprint density at radius 3 is 2.42 bits per heavy atom. The van der Waals surface area contributed by atoms with Crippen molar-refractivity contribution in [1.82, 2.24) is 9.88 Å². The Balaban J connectivity index is 1.86. The quantitative estimate of drug-likeness (QED) is 0.415. The molecule has 0 radical (unpaired) electrons. The lowest BCUT2D eigenvalue weighted by Crippen LogP contribution is -2.37. The number of nitrogens with zero attached hydrogens (tertiary/aromatic N) is 1. The second-order valence-corrected chi connectivity index (χ2v) is 8.17. The number of aromatic nitrogens is 1. The summed E-state index contributed by atoms with van der Waals surface area (Å²) in [7, 11) is 0. The molecular formula is C24H25ClN4O4. The van der Waals surface area contributed by atoms with Crippen LogP contribution in [-0.2, 0) is 11.3 Å². The average molecular weight is 469 g/mol. The predicted molar refractivity (Wildman–Crippen MR) is 129 cm³/mol. The first kappa shape index (κ1) is 23.9. The second-order valence-electron chi connectivity index (χ2n) is 7.76. The average Bonchev–Trinajstić information content (AvgIpc) is 2.75. The third kappa shape index (κ3) is 5.93. The number of hydrogen-bond acceptors (Lipinski definition) is 4. The number of anilines is 2. The number of urea groups is 1. The van der Waals surface area contributed by atoms with Crippen LogP contribution in [0, 0.1) is 13.8 Å². The molecule has 0 saturated heterocycles. The largest absolute Gasteiger partial charge is 0.481 e. The van der Waals surface area contributed by atoms with Gasteiger partial charge in [-0.25, -0.2) is 4.79 Å². The van der Waals surface area contributed by atoms with Crippen LogP contribution >= 0.6 is 11.6 Å². The molecule has 0 saturated carbocycles. The number of benzene rings is 2. The molecule has 0 aliphatic heterocycles. The summed E-state index contributed by atoms with van der Waals surface area (Å²) in [4.78, 5) is 37.2. The van der Waals surface area contributed by atoms with Crippen LogP contribution < -0.4 is 21.9 Å². The van der Waals surface area contributed by atoms with Gasteiger partial charge in [0, 0.05) is 10.7 Å². The van der Waals surface area contributed by atoms with Gasteiger partial charge in [-0.1, -0.05) is 59.6 Å². The highest BCUT2D eigenvalue weighted by molar-refractivity contribution is 6.31. The molecule has 8 nitrogen and oxygen atoms in total. The number of amides is 2. The SMILES string of the molecule is Cc1ccc([C@H](CC(=O)O)NC(=O)Nc2c(N)cc(C)n(Cc3ccccc3Cl)c2=O)cc1. The van der Waals surface area contributed by atoms with Crippen molar-refractivity contribution in [3.05, 3.63) is 92.4 Å². The molecule has 3 aromatic rings. The van der Waals surface area contributed by atoms with Gasteiger partial charge in [0.25, 0.3) is 5.56 Å². The van der Waals surface area contributed by atoms with Crippen molar-refractivity contribution in [2.45, 2.75) is 32.9 Å². The third-order valence-corrected chi connectivity index (χ3v) is 5.60. The van der Waals surface area contributed by atoms with Crippen LogP contribution in [0.25, 0.3) is 0 Å². The molecule has 2 aromatic carbocycles. The summed E-state index contributed by atoms with van der Waals surface area (Å²) < 4.78 is 1.46. The van der Waals surface area contributed by atoms with E-state index in [0.717, 1.165) is 11.1 Å². The summed E-state index contributed by atoms with van der Waals surface area (Å²) in [6, 6.07) is 14.4. The molecule has 3 rings (SSSR count). The van der Waals surface area contributed by atoms with Crippen molar-refractivity contribution in [2.75, 3.05) is 11.1 Å². The number of nitrogens with two attached hydrogens (primary N) is 1. The molecule has 0 bridgehead atoms. The number of nitrogen functional groups attached to an aromatic ring is 1. The summed E-state index contributed by atoms with van der Waals surface area (Å²) in [6.07, 6.45) is -0.323. The van der Waals surface area contributed by atoms with Crippen molar-refractivity contribution in [2.24, 2.45) is 0 Å². The van der Waals surface area contributed by atoms with Crippen LogP contribution in [0.15, 0.2) is 59.4 Å². The Morgan fingerprint density at radius 1 is 1.12 bits per heavy atom. The van der Waals surface area contributed by atoms with E-state index in [1.807, 2.05) is 31.2 Å². The van der Waals surface area contributed by atoms with Gasteiger partial charge in [-0.3, -0.25) is 9.59 Å². The summed E-state index contributed by atoms with van der Waals surface area (Å²) in [5, 5.41) is 14.9. The van der Waals surface area contributed by atoms with E-state index in [-0.39, 0.29) is 24.3 Å². The van der Waals surface area contributed by atoms with Crippen molar-refractivity contribution < 1.29 is 14.7 Å². The highest BCUT2D eigenvalue weighted by Crippen LogP contribution is 2.21. The van der Waals surface area contributed by atoms with Gasteiger partial charge in [0.15, 0.2) is 0 Å². The van der Waals surface area contributed by atoms with Gasteiger partial charge in [-0.05, 0) is 37.1 Å². The Kier molecular flexibility index (Phi) is 7.40.